The molecule has 1 unspecified atom stereocenters. The molecule has 0 radical (unpaired) electrons. The Morgan fingerprint density at radius 3 is 2.80 bits per heavy atom. The van der Waals surface area contributed by atoms with Gasteiger partial charge in [0, 0.05) is 29.7 Å². The molecule has 0 bridgehead atoms. The summed E-state index contributed by atoms with van der Waals surface area (Å²) in [4.78, 5) is 30.0. The van der Waals surface area contributed by atoms with Gasteiger partial charge in [-0.25, -0.2) is 4.90 Å². The van der Waals surface area contributed by atoms with Crippen LogP contribution < -0.4 is 19.7 Å². The number of anilines is 1. The maximum atomic E-state index is 12.9. The van der Waals surface area contributed by atoms with E-state index in [0.29, 0.717) is 36.9 Å². The predicted molar refractivity (Wildman–Crippen MR) is 113 cm³/mol. The smallest absolute Gasteiger partial charge is 0.251 e. The van der Waals surface area contributed by atoms with Gasteiger partial charge in [-0.1, -0.05) is 11.6 Å². The van der Waals surface area contributed by atoms with Crippen molar-refractivity contribution in [1.29, 1.82) is 0 Å². The molecule has 7 heteroatoms. The topological polar surface area (TPSA) is 83.7 Å². The molecule has 0 spiro atoms. The summed E-state index contributed by atoms with van der Waals surface area (Å²) in [6.07, 6.45) is 2.93. The average Bonchev–Trinajstić information content (AvgIpc) is 3.27. The van der Waals surface area contributed by atoms with Crippen LogP contribution in [0.2, 0.25) is 0 Å². The van der Waals surface area contributed by atoms with Crippen LogP contribution in [0.1, 0.15) is 17.5 Å². The predicted octanol–water partition coefficient (Wildman–Crippen LogP) is 2.71. The van der Waals surface area contributed by atoms with Crippen molar-refractivity contribution in [2.24, 2.45) is 0 Å². The van der Waals surface area contributed by atoms with Crippen LogP contribution in [-0.2, 0) is 16.0 Å². The third kappa shape index (κ3) is 3.31. The van der Waals surface area contributed by atoms with Crippen molar-refractivity contribution in [3.8, 4) is 11.5 Å². The highest BCUT2D eigenvalue weighted by Gasteiger charge is 2.39. The summed E-state index contributed by atoms with van der Waals surface area (Å²) < 4.78 is 11.1. The lowest BCUT2D eigenvalue weighted by molar-refractivity contribution is -0.121. The number of rotatable bonds is 5. The lowest BCUT2D eigenvalue weighted by atomic mass is 10.1. The molecule has 2 N–H and O–H groups in total. The lowest BCUT2D eigenvalue weighted by Gasteiger charge is -2.21. The van der Waals surface area contributed by atoms with Crippen molar-refractivity contribution in [2.45, 2.75) is 25.8 Å². The molecule has 2 aromatic carbocycles. The van der Waals surface area contributed by atoms with Gasteiger partial charge < -0.3 is 19.8 Å². The van der Waals surface area contributed by atoms with Crippen molar-refractivity contribution in [3.05, 3.63) is 53.7 Å². The first kappa shape index (κ1) is 18.7. The summed E-state index contributed by atoms with van der Waals surface area (Å²) in [5, 5.41) is 4.46. The zero-order chi connectivity index (χ0) is 20.7. The van der Waals surface area contributed by atoms with E-state index in [1.807, 2.05) is 6.20 Å². The van der Waals surface area contributed by atoms with Crippen LogP contribution in [-0.4, -0.2) is 42.6 Å². The standard InChI is InChI=1S/C23H23N3O4/c1-14-2-4-18-17(10-14)15(13-25-18)6-7-24-19-12-22(27)26(23(19)28)16-3-5-20-21(11-16)30-9-8-29-20/h2-5,10-11,13,19,24-25H,6-9,12H2,1H3. The molecule has 0 aliphatic carbocycles. The molecular formula is C23H23N3O4. The third-order valence-electron chi connectivity index (χ3n) is 5.64. The first-order chi connectivity index (χ1) is 14.6. The number of nitrogens with zero attached hydrogens (tertiary/aromatic N) is 1. The highest BCUT2D eigenvalue weighted by atomic mass is 16.6. The SMILES string of the molecule is Cc1ccc2[nH]cc(CCNC3CC(=O)N(c4ccc5c(c4)OCCO5)C3=O)c2c1. The monoisotopic (exact) mass is 405 g/mol. The number of imide groups is 1. The number of H-pyrrole nitrogens is 1. The summed E-state index contributed by atoms with van der Waals surface area (Å²) in [5.74, 6) is 0.751. The second kappa shape index (κ2) is 7.50. The van der Waals surface area contributed by atoms with Crippen LogP contribution in [0.4, 0.5) is 5.69 Å². The maximum absolute atomic E-state index is 12.9. The molecule has 3 heterocycles. The van der Waals surface area contributed by atoms with E-state index in [9.17, 15) is 9.59 Å². The largest absolute Gasteiger partial charge is 0.486 e. The summed E-state index contributed by atoms with van der Waals surface area (Å²) in [6, 6.07) is 11.0. The normalized spacial score (nSPS) is 18.4. The van der Waals surface area contributed by atoms with Gasteiger partial charge in [0.2, 0.25) is 5.91 Å². The molecule has 5 rings (SSSR count). The summed E-state index contributed by atoms with van der Waals surface area (Å²) >= 11 is 0. The zero-order valence-electron chi connectivity index (χ0n) is 16.7. The minimum atomic E-state index is -0.516. The second-order valence-corrected chi connectivity index (χ2v) is 7.72. The minimum absolute atomic E-state index is 0.153. The van der Waals surface area contributed by atoms with Crippen molar-refractivity contribution < 1.29 is 19.1 Å². The van der Waals surface area contributed by atoms with Crippen molar-refractivity contribution in [3.63, 3.8) is 0 Å². The molecule has 154 valence electrons. The molecule has 1 saturated heterocycles. The number of nitrogens with one attached hydrogen (secondary N) is 2. The molecule has 1 aromatic heterocycles. The fraction of sp³-hybridized carbons (Fsp3) is 0.304. The van der Waals surface area contributed by atoms with E-state index >= 15 is 0 Å². The van der Waals surface area contributed by atoms with Crippen LogP contribution in [0.25, 0.3) is 10.9 Å². The maximum Gasteiger partial charge on any atom is 0.251 e. The fourth-order valence-electron chi connectivity index (χ4n) is 4.11. The quantitative estimate of drug-likeness (QED) is 0.638. The Bertz CT molecular complexity index is 1140. The van der Waals surface area contributed by atoms with E-state index < -0.39 is 6.04 Å². The van der Waals surface area contributed by atoms with E-state index in [4.69, 9.17) is 9.47 Å². The van der Waals surface area contributed by atoms with Crippen molar-refractivity contribution in [2.75, 3.05) is 24.7 Å². The van der Waals surface area contributed by atoms with Crippen molar-refractivity contribution in [1.82, 2.24) is 10.3 Å². The van der Waals surface area contributed by atoms with Gasteiger partial charge in [-0.3, -0.25) is 9.59 Å². The van der Waals surface area contributed by atoms with Gasteiger partial charge in [0.05, 0.1) is 18.2 Å². The van der Waals surface area contributed by atoms with Crippen molar-refractivity contribution >= 4 is 28.4 Å². The molecule has 1 fully saturated rings. The number of aromatic amines is 1. The number of hydrogen-bond donors (Lipinski definition) is 2. The van der Waals surface area contributed by atoms with E-state index in [1.165, 1.54) is 21.4 Å². The molecule has 1 atom stereocenters. The van der Waals surface area contributed by atoms with E-state index in [2.05, 4.69) is 35.4 Å². The van der Waals surface area contributed by atoms with E-state index in [0.717, 1.165) is 11.9 Å². The minimum Gasteiger partial charge on any atom is -0.486 e. The molecule has 2 aliphatic heterocycles. The number of benzene rings is 2. The van der Waals surface area contributed by atoms with E-state index in [-0.39, 0.29) is 18.2 Å². The number of carbonyl (C=O) groups is 2. The van der Waals surface area contributed by atoms with Gasteiger partial charge in [0.1, 0.15) is 13.2 Å². The van der Waals surface area contributed by atoms with Gasteiger partial charge in [-0.05, 0) is 43.2 Å². The van der Waals surface area contributed by atoms with Crippen LogP contribution >= 0.6 is 0 Å². The van der Waals surface area contributed by atoms with Crippen LogP contribution in [0, 0.1) is 6.92 Å². The molecule has 0 saturated carbocycles. The first-order valence-electron chi connectivity index (χ1n) is 10.2. The van der Waals surface area contributed by atoms with Gasteiger partial charge >= 0.3 is 0 Å². The zero-order valence-corrected chi connectivity index (χ0v) is 16.7. The number of aryl methyl sites for hydroxylation is 1. The molecule has 30 heavy (non-hydrogen) atoms. The Hall–Kier alpha value is -3.32. The van der Waals surface area contributed by atoms with Gasteiger partial charge in [-0.2, -0.15) is 0 Å². The molecular weight excluding hydrogens is 382 g/mol. The second-order valence-electron chi connectivity index (χ2n) is 7.72. The highest BCUT2D eigenvalue weighted by Crippen LogP contribution is 2.35. The Balaban J connectivity index is 1.26. The van der Waals surface area contributed by atoms with Crippen LogP contribution in [0.5, 0.6) is 11.5 Å². The summed E-state index contributed by atoms with van der Waals surface area (Å²) in [6.45, 7) is 3.63. The van der Waals surface area contributed by atoms with Gasteiger partial charge in [0.15, 0.2) is 11.5 Å². The molecule has 7 nitrogen and oxygen atoms in total. The Kier molecular flexibility index (Phi) is 4.67. The van der Waals surface area contributed by atoms with Crippen LogP contribution in [0.15, 0.2) is 42.6 Å². The van der Waals surface area contributed by atoms with Crippen LogP contribution in [0.3, 0.4) is 0 Å². The third-order valence-corrected chi connectivity index (χ3v) is 5.64. The Labute approximate surface area is 174 Å². The number of ether oxygens (including phenoxy) is 2. The van der Waals surface area contributed by atoms with Gasteiger partial charge in [0.25, 0.3) is 5.91 Å². The first-order valence-corrected chi connectivity index (χ1v) is 10.2. The number of amides is 2. The number of aromatic nitrogens is 1. The molecule has 2 aliphatic rings. The highest BCUT2D eigenvalue weighted by molar-refractivity contribution is 6.22. The lowest BCUT2D eigenvalue weighted by Crippen LogP contribution is -2.39. The Morgan fingerprint density at radius 1 is 1.10 bits per heavy atom. The molecule has 2 amide bonds. The Morgan fingerprint density at radius 2 is 1.93 bits per heavy atom. The summed E-state index contributed by atoms with van der Waals surface area (Å²) in [7, 11) is 0. The fourth-order valence-corrected chi connectivity index (χ4v) is 4.11. The van der Waals surface area contributed by atoms with E-state index in [1.54, 1.807) is 18.2 Å². The average molecular weight is 405 g/mol. The molecule has 3 aromatic rings. The number of carbonyl (C=O) groups excluding carboxylic acids is 2. The number of hydrogen-bond acceptors (Lipinski definition) is 5. The van der Waals surface area contributed by atoms with Gasteiger partial charge in [-0.15, -0.1) is 0 Å². The number of fused-ring (bicyclic) bond motifs is 2. The summed E-state index contributed by atoms with van der Waals surface area (Å²) in [5.41, 5.74) is 4.03.